The monoisotopic (exact) mass is 176 g/mol. The quantitative estimate of drug-likeness (QED) is 0.602. The van der Waals surface area contributed by atoms with E-state index in [9.17, 15) is 0 Å². The number of benzene rings is 1. The van der Waals surface area contributed by atoms with Crippen LogP contribution in [0.5, 0.6) is 0 Å². The summed E-state index contributed by atoms with van der Waals surface area (Å²) < 4.78 is 0. The van der Waals surface area contributed by atoms with Crippen LogP contribution >= 0.6 is 0 Å². The van der Waals surface area contributed by atoms with E-state index < -0.39 is 7.12 Å². The molecule has 0 heterocycles. The second-order valence-corrected chi connectivity index (χ2v) is 3.61. The molecule has 0 saturated carbocycles. The van der Waals surface area contributed by atoms with Gasteiger partial charge in [-0.3, -0.25) is 0 Å². The Labute approximate surface area is 78.4 Å². The number of fused-ring (bicyclic) bond motifs is 1. The molecule has 0 spiro atoms. The molecule has 0 radical (unpaired) electrons. The van der Waals surface area contributed by atoms with Crippen LogP contribution in [0.2, 0.25) is 0 Å². The number of hydrogen-bond acceptors (Lipinski definition) is 2. The standard InChI is InChI=1S/C10H13BO2/c12-11(13)10-6-5-8-3-1-2-4-9(8)7-10/h5-7,12-13H,1-4H2. The summed E-state index contributed by atoms with van der Waals surface area (Å²) in [6.45, 7) is 0. The maximum atomic E-state index is 8.98. The van der Waals surface area contributed by atoms with Crippen LogP contribution in [0.1, 0.15) is 24.0 Å². The second kappa shape index (κ2) is 3.52. The fourth-order valence-electron chi connectivity index (χ4n) is 1.91. The van der Waals surface area contributed by atoms with Crippen molar-refractivity contribution in [2.45, 2.75) is 25.7 Å². The fourth-order valence-corrected chi connectivity index (χ4v) is 1.91. The molecule has 13 heavy (non-hydrogen) atoms. The summed E-state index contributed by atoms with van der Waals surface area (Å²) in [7, 11) is -1.33. The maximum Gasteiger partial charge on any atom is 0.488 e. The molecule has 2 rings (SSSR count). The van der Waals surface area contributed by atoms with Crippen LogP contribution in [0.4, 0.5) is 0 Å². The Kier molecular flexibility index (Phi) is 2.38. The molecule has 0 aliphatic heterocycles. The average molecular weight is 176 g/mol. The lowest BCUT2D eigenvalue weighted by Gasteiger charge is -2.16. The van der Waals surface area contributed by atoms with E-state index >= 15 is 0 Å². The minimum Gasteiger partial charge on any atom is -0.423 e. The highest BCUT2D eigenvalue weighted by molar-refractivity contribution is 6.58. The summed E-state index contributed by atoms with van der Waals surface area (Å²) in [6.07, 6.45) is 4.69. The molecule has 0 saturated heterocycles. The molecule has 0 atom stereocenters. The van der Waals surface area contributed by atoms with Gasteiger partial charge in [0.1, 0.15) is 0 Å². The Balaban J connectivity index is 2.35. The van der Waals surface area contributed by atoms with Crippen LogP contribution in [-0.2, 0) is 12.8 Å². The third-order valence-corrected chi connectivity index (χ3v) is 2.67. The van der Waals surface area contributed by atoms with E-state index in [1.807, 2.05) is 12.1 Å². The Morgan fingerprint density at radius 2 is 1.69 bits per heavy atom. The van der Waals surface area contributed by atoms with Gasteiger partial charge in [0.15, 0.2) is 0 Å². The van der Waals surface area contributed by atoms with Gasteiger partial charge in [-0.2, -0.15) is 0 Å². The number of aryl methyl sites for hydroxylation is 2. The molecule has 1 aliphatic rings. The van der Waals surface area contributed by atoms with E-state index in [-0.39, 0.29) is 0 Å². The molecule has 1 aromatic rings. The summed E-state index contributed by atoms with van der Waals surface area (Å²) in [5, 5.41) is 18.0. The SMILES string of the molecule is OB(O)c1ccc2c(c1)CCCC2. The normalized spacial score (nSPS) is 15.2. The highest BCUT2D eigenvalue weighted by Crippen LogP contribution is 2.19. The largest absolute Gasteiger partial charge is 0.488 e. The van der Waals surface area contributed by atoms with Gasteiger partial charge in [0.25, 0.3) is 0 Å². The van der Waals surface area contributed by atoms with Gasteiger partial charge in [0, 0.05) is 0 Å². The average Bonchev–Trinajstić information content (AvgIpc) is 2.17. The van der Waals surface area contributed by atoms with Gasteiger partial charge in [-0.15, -0.1) is 0 Å². The second-order valence-electron chi connectivity index (χ2n) is 3.61. The van der Waals surface area contributed by atoms with Crippen molar-refractivity contribution in [1.82, 2.24) is 0 Å². The molecule has 0 bridgehead atoms. The predicted molar refractivity (Wildman–Crippen MR) is 52.9 cm³/mol. The van der Waals surface area contributed by atoms with E-state index in [2.05, 4.69) is 0 Å². The first-order valence-corrected chi connectivity index (χ1v) is 4.75. The zero-order valence-corrected chi connectivity index (χ0v) is 7.53. The molecule has 1 aromatic carbocycles. The summed E-state index contributed by atoms with van der Waals surface area (Å²) >= 11 is 0. The van der Waals surface area contributed by atoms with Gasteiger partial charge >= 0.3 is 7.12 Å². The van der Waals surface area contributed by atoms with Crippen molar-refractivity contribution in [2.24, 2.45) is 0 Å². The summed E-state index contributed by atoms with van der Waals surface area (Å²) in [5.41, 5.74) is 3.27. The van der Waals surface area contributed by atoms with Crippen LogP contribution in [0.15, 0.2) is 18.2 Å². The van der Waals surface area contributed by atoms with Crippen molar-refractivity contribution in [3.63, 3.8) is 0 Å². The highest BCUT2D eigenvalue weighted by Gasteiger charge is 2.14. The highest BCUT2D eigenvalue weighted by atomic mass is 16.4. The molecule has 68 valence electrons. The third-order valence-electron chi connectivity index (χ3n) is 2.67. The lowest BCUT2D eigenvalue weighted by atomic mass is 9.77. The summed E-state index contributed by atoms with van der Waals surface area (Å²) in [4.78, 5) is 0. The van der Waals surface area contributed by atoms with E-state index in [1.54, 1.807) is 6.07 Å². The maximum absolute atomic E-state index is 8.98. The van der Waals surface area contributed by atoms with Crippen molar-refractivity contribution in [3.05, 3.63) is 29.3 Å². The molecule has 1 aliphatic carbocycles. The topological polar surface area (TPSA) is 40.5 Å². The van der Waals surface area contributed by atoms with Crippen molar-refractivity contribution in [1.29, 1.82) is 0 Å². The Hall–Kier alpha value is -0.795. The van der Waals surface area contributed by atoms with Crippen LogP contribution in [0.25, 0.3) is 0 Å². The van der Waals surface area contributed by atoms with E-state index in [0.717, 1.165) is 12.8 Å². The predicted octanol–water partition coefficient (Wildman–Crippen LogP) is 0.245. The fraction of sp³-hybridized carbons (Fsp3) is 0.400. The molecule has 0 aromatic heterocycles. The lowest BCUT2D eigenvalue weighted by Crippen LogP contribution is -2.30. The van der Waals surface area contributed by atoms with Crippen LogP contribution in [0.3, 0.4) is 0 Å². The first-order valence-electron chi connectivity index (χ1n) is 4.75. The van der Waals surface area contributed by atoms with Crippen molar-refractivity contribution < 1.29 is 10.0 Å². The molecular formula is C10H13BO2. The molecule has 2 N–H and O–H groups in total. The zero-order valence-electron chi connectivity index (χ0n) is 7.53. The first-order chi connectivity index (χ1) is 6.27. The first kappa shape index (κ1) is 8.79. The van der Waals surface area contributed by atoms with Gasteiger partial charge in [0.05, 0.1) is 0 Å². The van der Waals surface area contributed by atoms with Crippen molar-refractivity contribution >= 4 is 12.6 Å². The minimum atomic E-state index is -1.33. The Morgan fingerprint density at radius 3 is 2.38 bits per heavy atom. The Morgan fingerprint density at radius 1 is 1.00 bits per heavy atom. The van der Waals surface area contributed by atoms with Crippen LogP contribution in [0, 0.1) is 0 Å². The van der Waals surface area contributed by atoms with Crippen LogP contribution in [-0.4, -0.2) is 17.2 Å². The third kappa shape index (κ3) is 1.76. The van der Waals surface area contributed by atoms with Crippen molar-refractivity contribution in [3.8, 4) is 0 Å². The van der Waals surface area contributed by atoms with Gasteiger partial charge in [-0.1, -0.05) is 18.2 Å². The molecule has 0 amide bonds. The molecule has 3 heteroatoms. The molecule has 0 fully saturated rings. The lowest BCUT2D eigenvalue weighted by molar-refractivity contribution is 0.425. The van der Waals surface area contributed by atoms with Crippen molar-refractivity contribution in [2.75, 3.05) is 0 Å². The van der Waals surface area contributed by atoms with E-state index in [1.165, 1.54) is 24.0 Å². The van der Waals surface area contributed by atoms with Gasteiger partial charge < -0.3 is 10.0 Å². The van der Waals surface area contributed by atoms with Gasteiger partial charge in [-0.05, 0) is 42.3 Å². The summed E-state index contributed by atoms with van der Waals surface area (Å²) in [5.74, 6) is 0. The summed E-state index contributed by atoms with van der Waals surface area (Å²) in [6, 6.07) is 5.73. The smallest absolute Gasteiger partial charge is 0.423 e. The van der Waals surface area contributed by atoms with Gasteiger partial charge in [0.2, 0.25) is 0 Å². The van der Waals surface area contributed by atoms with E-state index in [4.69, 9.17) is 10.0 Å². The molecule has 0 unspecified atom stereocenters. The molecule has 2 nitrogen and oxygen atoms in total. The van der Waals surface area contributed by atoms with Crippen LogP contribution < -0.4 is 5.46 Å². The molecular weight excluding hydrogens is 163 g/mol. The number of hydrogen-bond donors (Lipinski definition) is 2. The zero-order chi connectivity index (χ0) is 9.26. The van der Waals surface area contributed by atoms with E-state index in [0.29, 0.717) is 5.46 Å². The minimum absolute atomic E-state index is 0.612. The Bertz CT molecular complexity index is 310. The number of rotatable bonds is 1. The van der Waals surface area contributed by atoms with Gasteiger partial charge in [-0.25, -0.2) is 0 Å².